The molecule has 0 aliphatic carbocycles. The molecule has 2 aliphatic rings. The number of amides is 3. The van der Waals surface area contributed by atoms with Gasteiger partial charge in [0.05, 0.1) is 29.8 Å². The highest BCUT2D eigenvalue weighted by Crippen LogP contribution is 2.33. The minimum absolute atomic E-state index is 0.0418. The second-order valence-electron chi connectivity index (χ2n) is 10.5. The molecule has 0 spiro atoms. The first-order valence-electron chi connectivity index (χ1n) is 12.3. The van der Waals surface area contributed by atoms with Gasteiger partial charge in [-0.3, -0.25) is 19.6 Å². The van der Waals surface area contributed by atoms with Crippen LogP contribution in [0.4, 0.5) is 22.0 Å². The molecule has 0 fully saturated rings. The van der Waals surface area contributed by atoms with Crippen molar-refractivity contribution in [3.8, 4) is 0 Å². The third kappa shape index (κ3) is 5.19. The number of anilines is 3. The van der Waals surface area contributed by atoms with Gasteiger partial charge in [0.1, 0.15) is 5.82 Å². The van der Waals surface area contributed by atoms with E-state index in [2.05, 4.69) is 45.5 Å². The zero-order valence-corrected chi connectivity index (χ0v) is 23.1. The molecule has 0 atom stereocenters. The topological polar surface area (TPSA) is 137 Å². The molecular weight excluding hydrogens is 518 g/mol. The lowest BCUT2D eigenvalue weighted by atomic mass is 9.95. The van der Waals surface area contributed by atoms with Crippen molar-refractivity contribution >= 4 is 44.7 Å². The van der Waals surface area contributed by atoms with Crippen LogP contribution in [-0.4, -0.2) is 55.2 Å². The van der Waals surface area contributed by atoms with Gasteiger partial charge in [0.15, 0.2) is 0 Å². The summed E-state index contributed by atoms with van der Waals surface area (Å²) in [5, 5.41) is 5.93. The Hall–Kier alpha value is -4.32. The number of benzene rings is 1. The number of hydrogen-bond donors (Lipinski definition) is 2. The number of rotatable bonds is 5. The highest BCUT2D eigenvalue weighted by atomic mass is 32.2. The number of nitrogens with one attached hydrogen (secondary N) is 2. The number of carbonyl (C=O) groups excluding carboxylic acids is 2. The van der Waals surface area contributed by atoms with E-state index in [1.165, 1.54) is 29.2 Å². The first-order valence-corrected chi connectivity index (χ1v) is 14.2. The van der Waals surface area contributed by atoms with E-state index in [0.717, 1.165) is 24.1 Å². The fraction of sp³-hybridized carbons (Fsp3) is 0.296. The van der Waals surface area contributed by atoms with Crippen LogP contribution < -0.4 is 20.4 Å². The summed E-state index contributed by atoms with van der Waals surface area (Å²) in [7, 11) is -2.12. The maximum absolute atomic E-state index is 13.3. The van der Waals surface area contributed by atoms with Crippen molar-refractivity contribution < 1.29 is 18.0 Å². The Morgan fingerprint density at radius 2 is 1.92 bits per heavy atom. The summed E-state index contributed by atoms with van der Waals surface area (Å²) in [5.74, 6) is -0.0719. The molecule has 39 heavy (non-hydrogen) atoms. The molecule has 11 nitrogen and oxygen atoms in total. The van der Waals surface area contributed by atoms with Crippen molar-refractivity contribution in [2.24, 2.45) is 5.41 Å². The van der Waals surface area contributed by atoms with Crippen molar-refractivity contribution in [2.45, 2.75) is 32.5 Å². The number of fused-ring (bicyclic) bond motifs is 1. The molecule has 0 unspecified atom stereocenters. The Balaban J connectivity index is 1.40. The van der Waals surface area contributed by atoms with Gasteiger partial charge in [-0.2, -0.15) is 0 Å². The maximum atomic E-state index is 13.3. The van der Waals surface area contributed by atoms with Gasteiger partial charge in [0.2, 0.25) is 15.0 Å². The number of aromatic nitrogens is 3. The summed E-state index contributed by atoms with van der Waals surface area (Å²) in [5.41, 5.74) is 4.54. The molecular formula is C27H29N7O4S. The molecule has 12 heteroatoms. The Morgan fingerprint density at radius 1 is 1.15 bits per heavy atom. The van der Waals surface area contributed by atoms with Crippen LogP contribution in [-0.2, 0) is 16.4 Å². The van der Waals surface area contributed by atoms with Gasteiger partial charge in [0.25, 0.3) is 5.91 Å². The van der Waals surface area contributed by atoms with Gasteiger partial charge in [-0.25, -0.2) is 23.2 Å². The standard InChI is InChI=1S/C27H29N7O4S/c1-16-22(34-14-19-12-29-25(39(5,37)38)32-23(19)33(4)26(34)36)10-20(13-28-16)31-24(35)18-8-6-7-17(9-18)21-11-27(2,3)15-30-21/h6-13,30H,14-15H2,1-5H3,(H,31,35). The second kappa shape index (κ2) is 9.45. The summed E-state index contributed by atoms with van der Waals surface area (Å²) in [6.45, 7) is 7.00. The molecule has 0 saturated heterocycles. The predicted octanol–water partition coefficient (Wildman–Crippen LogP) is 3.38. The molecule has 1 aromatic carbocycles. The number of hydrogen-bond acceptors (Lipinski definition) is 8. The molecule has 0 radical (unpaired) electrons. The summed E-state index contributed by atoms with van der Waals surface area (Å²) in [6.07, 6.45) is 6.13. The van der Waals surface area contributed by atoms with Crippen LogP contribution >= 0.6 is 0 Å². The van der Waals surface area contributed by atoms with Crippen molar-refractivity contribution in [1.82, 2.24) is 20.3 Å². The molecule has 3 aromatic rings. The van der Waals surface area contributed by atoms with E-state index in [-0.39, 0.29) is 28.8 Å². The SMILES string of the molecule is Cc1ncc(NC(=O)c2cccc(C3=CC(C)(C)CN3)c2)cc1N1Cc2cnc(S(C)(=O)=O)nc2N(C)C1=O. The van der Waals surface area contributed by atoms with Gasteiger partial charge in [0, 0.05) is 48.3 Å². The average molecular weight is 548 g/mol. The molecule has 2 aliphatic heterocycles. The first-order chi connectivity index (χ1) is 18.3. The number of urea groups is 1. The average Bonchev–Trinajstić information content (AvgIpc) is 3.26. The Morgan fingerprint density at radius 3 is 2.62 bits per heavy atom. The van der Waals surface area contributed by atoms with Crippen molar-refractivity contribution in [3.05, 3.63) is 71.2 Å². The maximum Gasteiger partial charge on any atom is 0.330 e. The number of pyridine rings is 1. The van der Waals surface area contributed by atoms with Crippen LogP contribution in [0.25, 0.3) is 5.70 Å². The Kier molecular flexibility index (Phi) is 6.37. The van der Waals surface area contributed by atoms with E-state index in [1.807, 2.05) is 18.2 Å². The first kappa shape index (κ1) is 26.3. The molecule has 202 valence electrons. The lowest BCUT2D eigenvalue weighted by Gasteiger charge is -2.34. The monoisotopic (exact) mass is 547 g/mol. The van der Waals surface area contributed by atoms with Gasteiger partial charge in [-0.1, -0.05) is 32.1 Å². The number of aryl methyl sites for hydroxylation is 1. The van der Waals surface area contributed by atoms with Crippen molar-refractivity contribution in [2.75, 3.05) is 35.0 Å². The van der Waals surface area contributed by atoms with E-state index in [0.29, 0.717) is 28.2 Å². The quantitative estimate of drug-likeness (QED) is 0.464. The van der Waals surface area contributed by atoms with E-state index < -0.39 is 15.9 Å². The number of carbonyl (C=O) groups is 2. The third-order valence-electron chi connectivity index (χ3n) is 6.63. The van der Waals surface area contributed by atoms with Crippen LogP contribution in [0.3, 0.4) is 0 Å². The van der Waals surface area contributed by atoms with Gasteiger partial charge < -0.3 is 10.6 Å². The Bertz CT molecular complexity index is 1650. The van der Waals surface area contributed by atoms with E-state index >= 15 is 0 Å². The predicted molar refractivity (Wildman–Crippen MR) is 148 cm³/mol. The largest absolute Gasteiger partial charge is 0.384 e. The minimum Gasteiger partial charge on any atom is -0.384 e. The molecule has 0 bridgehead atoms. The van der Waals surface area contributed by atoms with Gasteiger partial charge in [-0.15, -0.1) is 0 Å². The van der Waals surface area contributed by atoms with E-state index in [1.54, 1.807) is 19.1 Å². The Labute approximate surface area is 226 Å². The highest BCUT2D eigenvalue weighted by Gasteiger charge is 2.33. The van der Waals surface area contributed by atoms with Crippen LogP contribution in [0, 0.1) is 12.3 Å². The molecule has 3 amide bonds. The normalized spacial score (nSPS) is 16.4. The fourth-order valence-electron chi connectivity index (χ4n) is 4.56. The smallest absolute Gasteiger partial charge is 0.330 e. The zero-order valence-electron chi connectivity index (χ0n) is 22.3. The molecule has 4 heterocycles. The zero-order chi connectivity index (χ0) is 28.1. The highest BCUT2D eigenvalue weighted by molar-refractivity contribution is 7.90. The summed E-state index contributed by atoms with van der Waals surface area (Å²) < 4.78 is 23.8. The van der Waals surface area contributed by atoms with Gasteiger partial charge in [-0.05, 0) is 30.7 Å². The van der Waals surface area contributed by atoms with Crippen molar-refractivity contribution in [3.63, 3.8) is 0 Å². The molecule has 2 aromatic heterocycles. The van der Waals surface area contributed by atoms with Crippen molar-refractivity contribution in [1.29, 1.82) is 0 Å². The summed E-state index contributed by atoms with van der Waals surface area (Å²) in [6, 6.07) is 8.66. The van der Waals surface area contributed by atoms with Crippen LogP contribution in [0.5, 0.6) is 0 Å². The van der Waals surface area contributed by atoms with Gasteiger partial charge >= 0.3 is 6.03 Å². The van der Waals surface area contributed by atoms with E-state index in [9.17, 15) is 18.0 Å². The summed E-state index contributed by atoms with van der Waals surface area (Å²) >= 11 is 0. The molecule has 0 saturated carbocycles. The van der Waals surface area contributed by atoms with E-state index in [4.69, 9.17) is 0 Å². The fourth-order valence-corrected chi connectivity index (χ4v) is 5.05. The summed E-state index contributed by atoms with van der Waals surface area (Å²) in [4.78, 5) is 41.7. The lowest BCUT2D eigenvalue weighted by Crippen LogP contribution is -2.46. The molecule has 2 N–H and O–H groups in total. The van der Waals surface area contributed by atoms with Crippen LogP contribution in [0.2, 0.25) is 0 Å². The number of sulfone groups is 1. The second-order valence-corrected chi connectivity index (χ2v) is 12.4. The molecule has 5 rings (SSSR count). The van der Waals surface area contributed by atoms with Crippen LogP contribution in [0.1, 0.15) is 41.0 Å². The third-order valence-corrected chi connectivity index (χ3v) is 7.49. The number of nitrogens with zero attached hydrogens (tertiary/aromatic N) is 5. The van der Waals surface area contributed by atoms with Crippen LogP contribution in [0.15, 0.2) is 54.0 Å². The lowest BCUT2D eigenvalue weighted by molar-refractivity contribution is 0.102. The minimum atomic E-state index is -3.63.